The summed E-state index contributed by atoms with van der Waals surface area (Å²) < 4.78 is 24.3. The second-order valence-electron chi connectivity index (χ2n) is 11.4. The zero-order valence-electron chi connectivity index (χ0n) is 22.4. The summed E-state index contributed by atoms with van der Waals surface area (Å²) in [5.74, 6) is 0.746. The monoisotopic (exact) mass is 517 g/mol. The van der Waals surface area contributed by atoms with Crippen LogP contribution in [-0.2, 0) is 14.0 Å². The molecule has 1 aromatic heterocycles. The fraction of sp³-hybridized carbons (Fsp3) is 0.577. The van der Waals surface area contributed by atoms with Gasteiger partial charge in [-0.25, -0.2) is 4.79 Å². The third-order valence-corrected chi connectivity index (χ3v) is 9.31. The Morgan fingerprint density at radius 1 is 1.11 bits per heavy atom. The van der Waals surface area contributed by atoms with E-state index >= 15 is 0 Å². The van der Waals surface area contributed by atoms with Crippen molar-refractivity contribution in [1.29, 1.82) is 0 Å². The Morgan fingerprint density at radius 2 is 1.80 bits per heavy atom. The van der Waals surface area contributed by atoms with Gasteiger partial charge in [0.15, 0.2) is 0 Å². The Hall–Kier alpha value is -1.81. The van der Waals surface area contributed by atoms with Crippen LogP contribution >= 0.6 is 11.3 Å². The van der Waals surface area contributed by atoms with Crippen LogP contribution in [-0.4, -0.2) is 57.6 Å². The summed E-state index contributed by atoms with van der Waals surface area (Å²) in [5.41, 5.74) is 0.124. The summed E-state index contributed by atoms with van der Waals surface area (Å²) in [7, 11) is 0.0974. The highest BCUT2D eigenvalue weighted by Gasteiger charge is 2.51. The molecule has 0 saturated carbocycles. The standard InChI is InChI=1S/C26H40BNO5SSi/c1-25(2)26(3,4)33-27(32-25)20-11-9-12-21(19-20)31-22(23-13-10-17-34-23)14-15-28(5)24(29)30-16-18-35(6,7)8/h9-13,17,19,22H,14-16,18H2,1-8H3. The maximum atomic E-state index is 12.4. The molecule has 1 saturated heterocycles. The van der Waals surface area contributed by atoms with Crippen LogP contribution < -0.4 is 10.2 Å². The maximum Gasteiger partial charge on any atom is 0.494 e. The number of ether oxygens (including phenoxy) is 2. The minimum atomic E-state index is -1.24. The average Bonchev–Trinajstić information content (AvgIpc) is 3.36. The highest BCUT2D eigenvalue weighted by Crippen LogP contribution is 2.37. The van der Waals surface area contributed by atoms with Crippen molar-refractivity contribution in [2.75, 3.05) is 20.2 Å². The Morgan fingerprint density at radius 3 is 2.40 bits per heavy atom. The zero-order valence-corrected chi connectivity index (χ0v) is 24.2. The second kappa shape index (κ2) is 11.1. The fourth-order valence-electron chi connectivity index (χ4n) is 3.57. The van der Waals surface area contributed by atoms with Crippen LogP contribution in [0.15, 0.2) is 41.8 Å². The van der Waals surface area contributed by atoms with Gasteiger partial charge in [0.05, 0.1) is 17.8 Å². The maximum absolute atomic E-state index is 12.4. The Bertz CT molecular complexity index is 960. The first-order valence-electron chi connectivity index (χ1n) is 12.3. The van der Waals surface area contributed by atoms with E-state index in [0.29, 0.717) is 19.6 Å². The zero-order chi connectivity index (χ0) is 25.9. The summed E-state index contributed by atoms with van der Waals surface area (Å²) in [6, 6.07) is 12.9. The van der Waals surface area contributed by atoms with E-state index in [9.17, 15) is 4.79 Å². The lowest BCUT2D eigenvalue weighted by Gasteiger charge is -2.32. The quantitative estimate of drug-likeness (QED) is 0.364. The number of carbonyl (C=O) groups excluding carboxylic acids is 1. The van der Waals surface area contributed by atoms with Crippen molar-refractivity contribution in [3.8, 4) is 5.75 Å². The fourth-order valence-corrected chi connectivity index (χ4v) is 5.07. The first kappa shape index (κ1) is 27.8. The molecule has 0 bridgehead atoms. The van der Waals surface area contributed by atoms with E-state index in [4.69, 9.17) is 18.8 Å². The summed E-state index contributed by atoms with van der Waals surface area (Å²) in [6.07, 6.45) is 0.192. The Balaban J connectivity index is 1.64. The lowest BCUT2D eigenvalue weighted by molar-refractivity contribution is 0.00578. The number of carbonyl (C=O) groups is 1. The van der Waals surface area contributed by atoms with Gasteiger partial charge in [0.2, 0.25) is 0 Å². The van der Waals surface area contributed by atoms with Crippen molar-refractivity contribution < 1.29 is 23.6 Å². The Labute approximate surface area is 216 Å². The molecular formula is C26H40BNO5SSi. The van der Waals surface area contributed by atoms with E-state index in [1.165, 1.54) is 0 Å². The Kier molecular flexibility index (Phi) is 8.78. The second-order valence-corrected chi connectivity index (χ2v) is 18.0. The number of amides is 1. The molecule has 0 radical (unpaired) electrons. The van der Waals surface area contributed by atoms with Crippen LogP contribution in [0.5, 0.6) is 5.75 Å². The van der Waals surface area contributed by atoms with Gasteiger partial charge in [-0.15, -0.1) is 11.3 Å². The molecule has 1 atom stereocenters. The van der Waals surface area contributed by atoms with Gasteiger partial charge in [-0.2, -0.15) is 0 Å². The molecule has 0 spiro atoms. The molecule has 1 aliphatic heterocycles. The van der Waals surface area contributed by atoms with E-state index in [1.807, 2.05) is 63.4 Å². The normalized spacial score (nSPS) is 17.8. The van der Waals surface area contributed by atoms with Crippen LogP contribution in [0.25, 0.3) is 0 Å². The molecule has 2 heterocycles. The molecule has 0 N–H and O–H groups in total. The average molecular weight is 518 g/mol. The molecule has 3 rings (SSSR count). The van der Waals surface area contributed by atoms with Crippen molar-refractivity contribution in [2.24, 2.45) is 0 Å². The molecule has 1 aliphatic rings. The van der Waals surface area contributed by atoms with Crippen molar-refractivity contribution in [3.63, 3.8) is 0 Å². The number of benzene rings is 1. The minimum Gasteiger partial charge on any atom is -0.485 e. The third kappa shape index (κ3) is 7.59. The molecule has 1 amide bonds. The van der Waals surface area contributed by atoms with E-state index in [-0.39, 0.29) is 12.2 Å². The predicted octanol–water partition coefficient (Wildman–Crippen LogP) is 5.96. The van der Waals surface area contributed by atoms with Gasteiger partial charge in [0, 0.05) is 33.0 Å². The van der Waals surface area contributed by atoms with Gasteiger partial charge in [0.25, 0.3) is 0 Å². The van der Waals surface area contributed by atoms with Crippen LogP contribution in [0.4, 0.5) is 4.79 Å². The number of thiophene rings is 1. The molecule has 1 unspecified atom stereocenters. The lowest BCUT2D eigenvalue weighted by Crippen LogP contribution is -2.41. The van der Waals surface area contributed by atoms with Crippen LogP contribution in [0.2, 0.25) is 25.7 Å². The van der Waals surface area contributed by atoms with Crippen LogP contribution in [0.1, 0.15) is 45.1 Å². The SMILES string of the molecule is CN(CCC(Oc1cccc(B2OC(C)(C)C(C)(C)O2)c1)c1cccs1)C(=O)OCC[Si](C)(C)C. The third-order valence-electron chi connectivity index (χ3n) is 6.64. The van der Waals surface area contributed by atoms with Crippen molar-refractivity contribution in [2.45, 2.75) is 77.1 Å². The number of rotatable bonds is 10. The molecular weight excluding hydrogens is 477 g/mol. The largest absolute Gasteiger partial charge is 0.494 e. The smallest absolute Gasteiger partial charge is 0.485 e. The van der Waals surface area contributed by atoms with Crippen molar-refractivity contribution >= 4 is 38.1 Å². The topological polar surface area (TPSA) is 57.2 Å². The first-order chi connectivity index (χ1) is 16.3. The molecule has 192 valence electrons. The van der Waals surface area contributed by atoms with Crippen LogP contribution in [0.3, 0.4) is 0 Å². The number of hydrogen-bond acceptors (Lipinski definition) is 6. The van der Waals surface area contributed by atoms with Gasteiger partial charge in [-0.1, -0.05) is 37.8 Å². The summed E-state index contributed by atoms with van der Waals surface area (Å²) in [5, 5.41) is 2.04. The van der Waals surface area contributed by atoms with Crippen molar-refractivity contribution in [3.05, 3.63) is 46.7 Å². The van der Waals surface area contributed by atoms with E-state index < -0.39 is 26.4 Å². The molecule has 6 nitrogen and oxygen atoms in total. The predicted molar refractivity (Wildman–Crippen MR) is 147 cm³/mol. The molecule has 2 aromatic rings. The van der Waals surface area contributed by atoms with Gasteiger partial charge >= 0.3 is 13.2 Å². The van der Waals surface area contributed by atoms with Gasteiger partial charge < -0.3 is 23.7 Å². The number of hydrogen-bond donors (Lipinski definition) is 0. The van der Waals surface area contributed by atoms with E-state index in [2.05, 4.69) is 25.7 Å². The number of nitrogens with zero attached hydrogens (tertiary/aromatic N) is 1. The highest BCUT2D eigenvalue weighted by atomic mass is 32.1. The summed E-state index contributed by atoms with van der Waals surface area (Å²) in [4.78, 5) is 15.2. The van der Waals surface area contributed by atoms with Crippen LogP contribution in [0, 0.1) is 0 Å². The van der Waals surface area contributed by atoms with E-state index in [1.54, 1.807) is 23.3 Å². The first-order valence-corrected chi connectivity index (χ1v) is 16.9. The van der Waals surface area contributed by atoms with E-state index in [0.717, 1.165) is 22.1 Å². The summed E-state index contributed by atoms with van der Waals surface area (Å²) >= 11 is 1.65. The summed E-state index contributed by atoms with van der Waals surface area (Å²) in [6.45, 7) is 16.0. The molecule has 1 fully saturated rings. The van der Waals surface area contributed by atoms with Crippen molar-refractivity contribution in [1.82, 2.24) is 4.90 Å². The minimum absolute atomic E-state index is 0.180. The molecule has 35 heavy (non-hydrogen) atoms. The van der Waals surface area contributed by atoms with Gasteiger partial charge in [0.1, 0.15) is 11.9 Å². The van der Waals surface area contributed by atoms with Gasteiger partial charge in [-0.3, -0.25) is 0 Å². The highest BCUT2D eigenvalue weighted by molar-refractivity contribution is 7.10. The molecule has 1 aromatic carbocycles. The molecule has 9 heteroatoms. The molecule has 0 aliphatic carbocycles. The lowest BCUT2D eigenvalue weighted by atomic mass is 9.79. The van der Waals surface area contributed by atoms with Gasteiger partial charge in [-0.05, 0) is 62.8 Å².